The summed E-state index contributed by atoms with van der Waals surface area (Å²) in [5.74, 6) is -1.64. The van der Waals surface area contributed by atoms with Crippen LogP contribution in [0.15, 0.2) is 0 Å². The highest BCUT2D eigenvalue weighted by atomic mass is 35.5. The number of nitrogens with two attached hydrogens (primary N) is 2. The van der Waals surface area contributed by atoms with Gasteiger partial charge in [-0.25, -0.2) is 4.79 Å². The van der Waals surface area contributed by atoms with Gasteiger partial charge in [0.15, 0.2) is 0 Å². The van der Waals surface area contributed by atoms with E-state index in [-0.39, 0.29) is 25.2 Å². The van der Waals surface area contributed by atoms with E-state index in [1.54, 1.807) is 41.5 Å². The summed E-state index contributed by atoms with van der Waals surface area (Å²) in [5, 5.41) is 8.22. The molecule has 0 fully saturated rings. The van der Waals surface area contributed by atoms with Crippen LogP contribution in [0.5, 0.6) is 0 Å². The number of aliphatic carboxylic acids is 1. The number of amides is 1. The molecule has 0 bridgehead atoms. The molecule has 0 radical (unpaired) electrons. The van der Waals surface area contributed by atoms with E-state index in [2.05, 4.69) is 0 Å². The second kappa shape index (κ2) is 11.1. The normalized spacial score (nSPS) is 12.0. The molecule has 0 aliphatic carbocycles. The predicted molar refractivity (Wildman–Crippen MR) is 88.4 cm³/mol. The standard InChI is InChI=1S/C9H18O3.C5H10N2O3.ClH/c1-8(2,3)11-7(10)12-9(4,5)6;6-3(5(9)10)1-2-4(7)8;/h1-6H3;3H,1-2,6H2,(H2,7,8)(H,9,10);1H/t;3-;/m.0./s1. The molecule has 0 saturated carbocycles. The molecule has 8 nitrogen and oxygen atoms in total. The Kier molecular flexibility index (Phi) is 12.7. The molecule has 0 aromatic rings. The zero-order chi connectivity index (χ0) is 18.1. The van der Waals surface area contributed by atoms with Crippen LogP contribution >= 0.6 is 12.4 Å². The molecule has 138 valence electrons. The zero-order valence-electron chi connectivity index (χ0n) is 14.5. The number of carbonyl (C=O) groups excluding carboxylic acids is 2. The first-order valence-corrected chi connectivity index (χ1v) is 6.82. The van der Waals surface area contributed by atoms with Gasteiger partial charge in [0.25, 0.3) is 0 Å². The maximum atomic E-state index is 11.0. The molecule has 0 unspecified atom stereocenters. The first kappa shape index (κ1) is 26.4. The maximum absolute atomic E-state index is 11.0. The molecule has 9 heteroatoms. The van der Waals surface area contributed by atoms with E-state index < -0.39 is 35.3 Å². The van der Waals surface area contributed by atoms with Crippen molar-refractivity contribution in [3.05, 3.63) is 0 Å². The molecule has 5 N–H and O–H groups in total. The van der Waals surface area contributed by atoms with Gasteiger partial charge >= 0.3 is 12.1 Å². The SMILES string of the molecule is CC(C)(C)OC(=O)OC(C)(C)C.Cl.NC(=O)CC[C@H](N)C(=O)O. The quantitative estimate of drug-likeness (QED) is 0.652. The van der Waals surface area contributed by atoms with E-state index in [1.165, 1.54) is 0 Å². The van der Waals surface area contributed by atoms with Crippen molar-refractivity contribution in [1.82, 2.24) is 0 Å². The van der Waals surface area contributed by atoms with Crippen LogP contribution in [0.25, 0.3) is 0 Å². The molecule has 0 heterocycles. The first-order chi connectivity index (χ1) is 9.64. The summed E-state index contributed by atoms with van der Waals surface area (Å²) in [7, 11) is 0. The predicted octanol–water partition coefficient (Wildman–Crippen LogP) is 1.82. The first-order valence-electron chi connectivity index (χ1n) is 6.82. The summed E-state index contributed by atoms with van der Waals surface area (Å²) in [4.78, 5) is 31.2. The van der Waals surface area contributed by atoms with Crippen LogP contribution in [-0.4, -0.2) is 40.4 Å². The summed E-state index contributed by atoms with van der Waals surface area (Å²) in [5.41, 5.74) is 8.84. The second-order valence-corrected chi connectivity index (χ2v) is 6.63. The van der Waals surface area contributed by atoms with Crippen LogP contribution in [0.3, 0.4) is 0 Å². The molecule has 0 aliphatic heterocycles. The minimum atomic E-state index is -1.11. The number of primary amides is 1. The Hall–Kier alpha value is -1.54. The topological polar surface area (TPSA) is 142 Å². The molecule has 0 aromatic carbocycles. The Labute approximate surface area is 143 Å². The van der Waals surface area contributed by atoms with Gasteiger partial charge in [-0.3, -0.25) is 9.59 Å². The fourth-order valence-corrected chi connectivity index (χ4v) is 0.942. The molecule has 0 spiro atoms. The van der Waals surface area contributed by atoms with Crippen molar-refractivity contribution in [3.8, 4) is 0 Å². The molecule has 23 heavy (non-hydrogen) atoms. The third-order valence-electron chi connectivity index (χ3n) is 1.80. The minimum absolute atomic E-state index is 0. The number of carboxylic acids is 1. The fraction of sp³-hybridized carbons (Fsp3) is 0.786. The van der Waals surface area contributed by atoms with Crippen molar-refractivity contribution in [3.63, 3.8) is 0 Å². The monoisotopic (exact) mass is 356 g/mol. The Morgan fingerprint density at radius 3 is 1.57 bits per heavy atom. The van der Waals surface area contributed by atoms with Gasteiger partial charge in [-0.2, -0.15) is 0 Å². The van der Waals surface area contributed by atoms with E-state index in [0.29, 0.717) is 0 Å². The van der Waals surface area contributed by atoms with E-state index in [9.17, 15) is 14.4 Å². The third kappa shape index (κ3) is 22.9. The van der Waals surface area contributed by atoms with Crippen molar-refractivity contribution in [2.24, 2.45) is 11.5 Å². The van der Waals surface area contributed by atoms with Gasteiger partial charge in [-0.15, -0.1) is 12.4 Å². The number of hydrogen-bond donors (Lipinski definition) is 3. The van der Waals surface area contributed by atoms with Gasteiger partial charge in [0.2, 0.25) is 5.91 Å². The fourth-order valence-electron chi connectivity index (χ4n) is 0.942. The highest BCUT2D eigenvalue weighted by Gasteiger charge is 2.22. The molecular weight excluding hydrogens is 328 g/mol. The summed E-state index contributed by atoms with van der Waals surface area (Å²) in [6.45, 7) is 10.8. The largest absolute Gasteiger partial charge is 0.509 e. The lowest BCUT2D eigenvalue weighted by Crippen LogP contribution is -2.31. The Balaban J connectivity index is -0.000000338. The summed E-state index contributed by atoms with van der Waals surface area (Å²) in [6, 6.07) is -0.979. The van der Waals surface area contributed by atoms with Gasteiger partial charge in [0.05, 0.1) is 0 Å². The number of carbonyl (C=O) groups is 3. The molecule has 0 saturated heterocycles. The van der Waals surface area contributed by atoms with Crippen LogP contribution in [0.2, 0.25) is 0 Å². The molecular formula is C14H29ClN2O6. The Bertz CT molecular complexity index is 370. The molecule has 0 aromatic heterocycles. The average Bonchev–Trinajstić information content (AvgIpc) is 2.20. The smallest absolute Gasteiger partial charge is 0.480 e. The van der Waals surface area contributed by atoms with Crippen LogP contribution in [0.1, 0.15) is 54.4 Å². The van der Waals surface area contributed by atoms with Gasteiger partial charge in [0.1, 0.15) is 17.2 Å². The lowest BCUT2D eigenvalue weighted by molar-refractivity contribution is -0.138. The van der Waals surface area contributed by atoms with E-state index >= 15 is 0 Å². The Morgan fingerprint density at radius 1 is 1.00 bits per heavy atom. The summed E-state index contributed by atoms with van der Waals surface area (Å²) >= 11 is 0. The number of hydrogen-bond acceptors (Lipinski definition) is 6. The highest BCUT2D eigenvalue weighted by Crippen LogP contribution is 2.13. The molecule has 0 aliphatic rings. The van der Waals surface area contributed by atoms with Crippen LogP contribution in [0.4, 0.5) is 4.79 Å². The third-order valence-corrected chi connectivity index (χ3v) is 1.80. The number of rotatable bonds is 4. The van der Waals surface area contributed by atoms with Crippen molar-refractivity contribution in [2.45, 2.75) is 71.6 Å². The van der Waals surface area contributed by atoms with Crippen molar-refractivity contribution >= 4 is 30.4 Å². The van der Waals surface area contributed by atoms with Gasteiger partial charge in [-0.05, 0) is 48.0 Å². The van der Waals surface area contributed by atoms with E-state index in [1.807, 2.05) is 0 Å². The average molecular weight is 357 g/mol. The zero-order valence-corrected chi connectivity index (χ0v) is 15.4. The number of carboxylic acid groups (broad SMARTS) is 1. The molecule has 1 atom stereocenters. The summed E-state index contributed by atoms with van der Waals surface area (Å²) in [6.07, 6.45) is -0.493. The van der Waals surface area contributed by atoms with Gasteiger partial charge in [-0.1, -0.05) is 0 Å². The van der Waals surface area contributed by atoms with Crippen LogP contribution < -0.4 is 11.5 Å². The molecule has 1 amide bonds. The Morgan fingerprint density at radius 2 is 1.35 bits per heavy atom. The minimum Gasteiger partial charge on any atom is -0.480 e. The van der Waals surface area contributed by atoms with Crippen LogP contribution in [-0.2, 0) is 19.1 Å². The van der Waals surface area contributed by atoms with Gasteiger partial charge in [0, 0.05) is 6.42 Å². The molecule has 0 rings (SSSR count). The maximum Gasteiger partial charge on any atom is 0.509 e. The van der Waals surface area contributed by atoms with E-state index in [4.69, 9.17) is 26.0 Å². The van der Waals surface area contributed by atoms with Crippen molar-refractivity contribution in [2.75, 3.05) is 0 Å². The van der Waals surface area contributed by atoms with Gasteiger partial charge < -0.3 is 26.0 Å². The lowest BCUT2D eigenvalue weighted by atomic mass is 10.2. The van der Waals surface area contributed by atoms with E-state index in [0.717, 1.165) is 0 Å². The van der Waals surface area contributed by atoms with Crippen LogP contribution in [0, 0.1) is 0 Å². The number of halogens is 1. The summed E-state index contributed by atoms with van der Waals surface area (Å²) < 4.78 is 9.91. The highest BCUT2D eigenvalue weighted by molar-refractivity contribution is 5.85. The number of ether oxygens (including phenoxy) is 2. The van der Waals surface area contributed by atoms with Crippen molar-refractivity contribution < 1.29 is 29.0 Å². The van der Waals surface area contributed by atoms with Crippen molar-refractivity contribution in [1.29, 1.82) is 0 Å². The lowest BCUT2D eigenvalue weighted by Gasteiger charge is -2.24. The second-order valence-electron chi connectivity index (χ2n) is 6.63.